The molecule has 127 heavy (non-hydrogen) atoms. The average molecular weight is 1780 g/mol. The van der Waals surface area contributed by atoms with Crippen LogP contribution in [0.25, 0.3) is 33.4 Å². The second kappa shape index (κ2) is 51.1. The molecule has 6 N–H and O–H groups in total. The molecule has 2 aromatic carbocycles. The van der Waals surface area contributed by atoms with E-state index in [1.165, 1.54) is 23.9 Å². The quantitative estimate of drug-likeness (QED) is 0.0123. The van der Waals surface area contributed by atoms with E-state index in [1.807, 2.05) is 79.8 Å². The highest BCUT2D eigenvalue weighted by Crippen LogP contribution is 2.40. The third-order valence-electron chi connectivity index (χ3n) is 24.6. The standard InChI is InChI=1S/C94H135N9O24/c1-60-17-12-11-13-18-61(2)78(113-8)55-72-26-21-66(7)94(112,127-72)88(109)91(110)102-31-15-14-19-74(102)92(111)124-79(63(4)51-67-23-27-75(104)80(53-67)114-9)56-76(105)62(3)50-65(6)86(87(115-10)85(108)64(5)49-60)126-82(107)20-16-33-116-35-37-118-39-41-120-43-45-122-47-48-123-46-44-121-42-40-119-38-36-117-34-30-81(106)101-32-29-69-52-68(22-24-71(69)58-101)57-103-90-83(89(95)97-59-98-90)84(100-103)70-25-28-77-73(54-70)99-93(96)125-77/h11-13,17-18,22,24-25,28,50,52,54,59-60,62-64,66-67,72,74-75,78-80,86-87,104,112H,14-16,19-21,23,26-27,29-49,51,53,55-58H2,1-10H3,(H2,96,99)(H2,95,97,98)/b13-11+,17-12+,61-18+,65-50+/t60-,62-,63-,64-,66-,67+,72+,74+,75-,78+,79+,80-,86-,87+,94-/m1/s1. The molecule has 2 bridgehead atoms. The molecule has 33 nitrogen and oxygen atoms in total. The molecule has 0 radical (unpaired) electrons. The number of piperidine rings is 1. The van der Waals surface area contributed by atoms with E-state index >= 15 is 0 Å². The predicted octanol–water partition coefficient (Wildman–Crippen LogP) is 9.78. The molecule has 1 saturated carbocycles. The Balaban J connectivity index is 0.592. The fourth-order valence-electron chi connectivity index (χ4n) is 17.3. The number of carbonyl (C=O) groups excluding carboxylic acids is 7. The number of hydrogen-bond acceptors (Lipinski definition) is 30. The number of anilines is 2. The zero-order valence-electron chi connectivity index (χ0n) is 75.7. The summed E-state index contributed by atoms with van der Waals surface area (Å²) in [6.07, 6.45) is 12.9. The number of Topliss-reactive ketones (excluding diaryl/α,β-unsaturated/α-hetero) is 3. The number of aromatic nitrogens is 5. The fraction of sp³-hybridized carbons (Fsp3) is 0.649. The van der Waals surface area contributed by atoms with Crippen molar-refractivity contribution >= 4 is 75.1 Å². The molecule has 10 rings (SSSR count). The Bertz CT molecular complexity index is 4510. The molecule has 5 aromatic rings. The highest BCUT2D eigenvalue weighted by Gasteiger charge is 2.53. The number of aliphatic hydroxyl groups excluding tert-OH is 1. The van der Waals surface area contributed by atoms with E-state index in [0.29, 0.717) is 203 Å². The van der Waals surface area contributed by atoms with Crippen LogP contribution in [0.3, 0.4) is 0 Å². The number of amides is 2. The highest BCUT2D eigenvalue weighted by atomic mass is 16.6. The van der Waals surface area contributed by atoms with Gasteiger partial charge in [0.05, 0.1) is 142 Å². The number of nitrogen functional groups attached to an aromatic ring is 2. The van der Waals surface area contributed by atoms with Crippen LogP contribution in [0.5, 0.6) is 0 Å². The van der Waals surface area contributed by atoms with Gasteiger partial charge >= 0.3 is 11.9 Å². The third kappa shape index (κ3) is 29.4. The Morgan fingerprint density at radius 1 is 0.693 bits per heavy atom. The fourth-order valence-corrected chi connectivity index (χ4v) is 17.3. The first kappa shape index (κ1) is 100. The van der Waals surface area contributed by atoms with Crippen molar-refractivity contribution in [1.82, 2.24) is 34.5 Å². The number of ether oxygens (including phenoxy) is 14. The smallest absolute Gasteiger partial charge is 0.329 e. The van der Waals surface area contributed by atoms with E-state index in [1.54, 1.807) is 47.1 Å². The lowest BCUT2D eigenvalue weighted by Crippen LogP contribution is -2.61. The van der Waals surface area contributed by atoms with Gasteiger partial charge in [-0.3, -0.25) is 28.8 Å². The lowest BCUT2D eigenvalue weighted by molar-refractivity contribution is -0.265. The first-order chi connectivity index (χ1) is 61.3. The molecule has 700 valence electrons. The summed E-state index contributed by atoms with van der Waals surface area (Å²) in [5.41, 5.74) is 19.9. The van der Waals surface area contributed by atoms with Gasteiger partial charge in [0.2, 0.25) is 11.7 Å². The van der Waals surface area contributed by atoms with Crippen LogP contribution < -0.4 is 11.5 Å². The Morgan fingerprint density at radius 2 is 1.37 bits per heavy atom. The number of oxazole rings is 1. The van der Waals surface area contributed by atoms with Crippen molar-refractivity contribution in [3.8, 4) is 11.3 Å². The topological polar surface area (TPSA) is 417 Å². The van der Waals surface area contributed by atoms with Crippen molar-refractivity contribution in [3.05, 3.63) is 107 Å². The maximum Gasteiger partial charge on any atom is 0.329 e. The molecular weight excluding hydrogens is 1640 g/mol. The van der Waals surface area contributed by atoms with Crippen LogP contribution in [0.2, 0.25) is 0 Å². The molecule has 3 aromatic heterocycles. The Hall–Kier alpha value is -8.65. The van der Waals surface area contributed by atoms with Gasteiger partial charge in [0.15, 0.2) is 29.2 Å². The van der Waals surface area contributed by atoms with Crippen molar-refractivity contribution in [1.29, 1.82) is 0 Å². The maximum absolute atomic E-state index is 14.8. The zero-order chi connectivity index (χ0) is 90.9. The third-order valence-corrected chi connectivity index (χ3v) is 24.6. The molecule has 7 heterocycles. The van der Waals surface area contributed by atoms with Gasteiger partial charge in [0.1, 0.15) is 41.3 Å². The summed E-state index contributed by atoms with van der Waals surface area (Å²) in [6, 6.07) is 10.7. The number of nitrogens with two attached hydrogens (primary N) is 2. The largest absolute Gasteiger partial charge is 0.460 e. The molecule has 5 aliphatic rings. The minimum atomic E-state index is -2.48. The van der Waals surface area contributed by atoms with Crippen molar-refractivity contribution in [2.24, 2.45) is 35.5 Å². The van der Waals surface area contributed by atoms with Crippen molar-refractivity contribution in [2.75, 3.05) is 152 Å². The number of fused-ring (bicyclic) bond motifs is 6. The second-order valence-electron chi connectivity index (χ2n) is 34.2. The molecule has 3 fully saturated rings. The van der Waals surface area contributed by atoms with Gasteiger partial charge in [-0.05, 0) is 155 Å². The van der Waals surface area contributed by atoms with E-state index < -0.39 is 102 Å². The normalized spacial score (nSPS) is 27.0. The first-order valence-electron chi connectivity index (χ1n) is 45.1. The van der Waals surface area contributed by atoms with Crippen LogP contribution in [-0.4, -0.2) is 281 Å². The number of cyclic esters (lactones) is 1. The Kier molecular flexibility index (Phi) is 40.4. The number of hydrogen-bond donors (Lipinski definition) is 4. The zero-order valence-corrected chi connectivity index (χ0v) is 75.7. The summed E-state index contributed by atoms with van der Waals surface area (Å²) in [4.78, 5) is 116. The Labute approximate surface area is 744 Å². The number of esters is 2. The predicted molar refractivity (Wildman–Crippen MR) is 471 cm³/mol. The van der Waals surface area contributed by atoms with Crippen LogP contribution in [0.4, 0.5) is 11.8 Å². The van der Waals surface area contributed by atoms with Crippen LogP contribution in [-0.2, 0) is 119 Å². The summed E-state index contributed by atoms with van der Waals surface area (Å²) in [7, 11) is 4.51. The van der Waals surface area contributed by atoms with Gasteiger partial charge in [-0.2, -0.15) is 10.1 Å². The van der Waals surface area contributed by atoms with Gasteiger partial charge in [-0.1, -0.05) is 89.3 Å². The molecule has 0 spiro atoms. The molecular formula is C94H135N9O24. The average Bonchev–Trinajstić information content (AvgIpc) is 1.72. The highest BCUT2D eigenvalue weighted by molar-refractivity contribution is 6.39. The van der Waals surface area contributed by atoms with Crippen LogP contribution in [0.15, 0.2) is 94.7 Å². The minimum Gasteiger partial charge on any atom is -0.460 e. The van der Waals surface area contributed by atoms with Gasteiger partial charge in [-0.15, -0.1) is 0 Å². The lowest BCUT2D eigenvalue weighted by atomic mass is 9.78. The van der Waals surface area contributed by atoms with Crippen molar-refractivity contribution in [3.63, 3.8) is 0 Å². The number of rotatable bonds is 38. The van der Waals surface area contributed by atoms with E-state index in [9.17, 15) is 43.8 Å². The SMILES string of the molecule is CO[C@H]1C[C@@H]2CC[C@@H](C)[C@@](O)(O2)C(=O)C(=O)N2CCCC[C@H]2C(=O)O[C@H]([C@H](C)C[C@@H]2CC[C@@H](O)[C@H](OC)C2)CC(=O)[C@H](C)/C=C(\C)[C@@H](OC(=O)CCCOCCOCCOCCOCCOCCOCCOCCOCCC(=O)N2CCc3cc(Cn4nc(-c5ccc6oc(N)nc6c5)c5c(N)ncnc54)ccc3C2)[C@@H](OC)C(=O)[C@H](C)C[C@H](C)/C=C/C=C/C=C/1C. The molecule has 2 amide bonds. The van der Waals surface area contributed by atoms with Crippen molar-refractivity contribution in [2.45, 2.75) is 219 Å². The summed E-state index contributed by atoms with van der Waals surface area (Å²) in [5, 5.41) is 28.4. The van der Waals surface area contributed by atoms with Crippen LogP contribution >= 0.6 is 0 Å². The molecule has 0 unspecified atom stereocenters. The minimum absolute atomic E-state index is 0.0373. The molecule has 2 saturated heterocycles. The molecule has 4 aliphatic heterocycles. The second-order valence-corrected chi connectivity index (χ2v) is 34.2. The van der Waals surface area contributed by atoms with Gasteiger partial charge in [-0.25, -0.2) is 19.4 Å². The summed E-state index contributed by atoms with van der Waals surface area (Å²) >= 11 is 0. The van der Waals surface area contributed by atoms with Crippen LogP contribution in [0.1, 0.15) is 161 Å². The summed E-state index contributed by atoms with van der Waals surface area (Å²) < 4.78 is 89.0. The van der Waals surface area contributed by atoms with E-state index in [0.717, 1.165) is 28.7 Å². The summed E-state index contributed by atoms with van der Waals surface area (Å²) in [6.45, 7) is 19.8. The first-order valence-corrected chi connectivity index (χ1v) is 45.1. The summed E-state index contributed by atoms with van der Waals surface area (Å²) in [5.74, 6) is -9.00. The maximum atomic E-state index is 14.8. The van der Waals surface area contributed by atoms with Gasteiger partial charge in [0, 0.05) is 90.2 Å². The van der Waals surface area contributed by atoms with Gasteiger partial charge < -0.3 is 102 Å². The monoisotopic (exact) mass is 1770 g/mol. The van der Waals surface area contributed by atoms with E-state index in [2.05, 4.69) is 33.2 Å². The van der Waals surface area contributed by atoms with E-state index in [-0.39, 0.29) is 100 Å². The number of carbonyl (C=O) groups is 7. The number of allylic oxidation sites excluding steroid dienone is 6. The van der Waals surface area contributed by atoms with Crippen molar-refractivity contribution < 1.29 is 115 Å². The number of aliphatic hydroxyl groups is 2. The number of benzene rings is 2. The molecule has 15 atom stereocenters. The number of ketones is 3. The Morgan fingerprint density at radius 3 is 2.04 bits per heavy atom. The van der Waals surface area contributed by atoms with Gasteiger partial charge in [0.25, 0.3) is 17.7 Å². The lowest BCUT2D eigenvalue weighted by Gasteiger charge is -2.42. The van der Waals surface area contributed by atoms with E-state index in [4.69, 9.17) is 87.3 Å². The van der Waals surface area contributed by atoms with Crippen LogP contribution in [0, 0.1) is 35.5 Å². The number of nitrogens with zero attached hydrogens (tertiary/aromatic N) is 7. The molecule has 33 heteroatoms. The number of methoxy groups -OCH3 is 3. The molecule has 1 aliphatic carbocycles.